The molecular weight excluding hydrogens is 286 g/mol. The molecule has 0 aliphatic carbocycles. The van der Waals surface area contributed by atoms with E-state index in [2.05, 4.69) is 5.32 Å². The van der Waals surface area contributed by atoms with Crippen LogP contribution in [0.2, 0.25) is 0 Å². The quantitative estimate of drug-likeness (QED) is 0.414. The molecule has 120 valence electrons. The van der Waals surface area contributed by atoms with E-state index in [-0.39, 0.29) is 31.4 Å². The Labute approximate surface area is 129 Å². The van der Waals surface area contributed by atoms with Gasteiger partial charge in [0.25, 0.3) is 0 Å². The van der Waals surface area contributed by atoms with Gasteiger partial charge >= 0.3 is 0 Å². The molecule has 1 aromatic rings. The lowest BCUT2D eigenvalue weighted by Crippen LogP contribution is -2.43. The topological polar surface area (TPSA) is 125 Å². The molecule has 0 spiro atoms. The molecule has 7 nitrogen and oxygen atoms in total. The molecule has 0 saturated carbocycles. The van der Waals surface area contributed by atoms with E-state index in [1.165, 1.54) is 6.92 Å². The molecule has 5 N–H and O–H groups in total. The lowest BCUT2D eigenvalue weighted by atomic mass is 10.0. The van der Waals surface area contributed by atoms with Gasteiger partial charge in [0.05, 0.1) is 12.6 Å². The highest BCUT2D eigenvalue weighted by Crippen LogP contribution is 2.07. The summed E-state index contributed by atoms with van der Waals surface area (Å²) in [6, 6.07) is 6.28. The maximum atomic E-state index is 11.8. The van der Waals surface area contributed by atoms with Gasteiger partial charge in [0.15, 0.2) is 5.78 Å². The average Bonchev–Trinajstić information content (AvgIpc) is 2.46. The molecular formula is C15H21N3O4. The summed E-state index contributed by atoms with van der Waals surface area (Å²) in [6.45, 7) is 1.76. The molecule has 0 aromatic heterocycles. The predicted octanol–water partition coefficient (Wildman–Crippen LogP) is -0.623. The van der Waals surface area contributed by atoms with E-state index < -0.39 is 11.9 Å². The molecule has 1 unspecified atom stereocenters. The molecule has 1 aromatic carbocycles. The summed E-state index contributed by atoms with van der Waals surface area (Å²) < 4.78 is 4.92. The zero-order valence-corrected chi connectivity index (χ0v) is 12.5. The van der Waals surface area contributed by atoms with Crippen LogP contribution in [-0.2, 0) is 20.7 Å². The van der Waals surface area contributed by atoms with Crippen LogP contribution >= 0.6 is 0 Å². The van der Waals surface area contributed by atoms with Crippen LogP contribution in [0.1, 0.15) is 22.8 Å². The van der Waals surface area contributed by atoms with Crippen molar-refractivity contribution in [2.24, 2.45) is 11.5 Å². The largest absolute Gasteiger partial charge is 0.370 e. The first-order valence-electron chi connectivity index (χ1n) is 6.89. The number of hydrogen-bond acceptors (Lipinski definition) is 5. The van der Waals surface area contributed by atoms with Crippen molar-refractivity contribution in [3.05, 3.63) is 35.4 Å². The molecule has 0 aliphatic rings. The molecule has 0 radical (unpaired) electrons. The van der Waals surface area contributed by atoms with E-state index in [4.69, 9.17) is 16.2 Å². The van der Waals surface area contributed by atoms with Gasteiger partial charge in [-0.25, -0.2) is 0 Å². The van der Waals surface area contributed by atoms with Crippen LogP contribution in [0.25, 0.3) is 0 Å². The normalized spacial score (nSPS) is 11.7. The summed E-state index contributed by atoms with van der Waals surface area (Å²) in [5.74, 6) is -0.875. The minimum atomic E-state index is -0.695. The number of primary amides is 1. The smallest absolute Gasteiger partial charge is 0.243 e. The van der Waals surface area contributed by atoms with Crippen LogP contribution in [0.4, 0.5) is 0 Å². The van der Waals surface area contributed by atoms with E-state index in [0.717, 1.165) is 5.56 Å². The molecule has 0 aliphatic heterocycles. The zero-order valence-electron chi connectivity index (χ0n) is 12.5. The van der Waals surface area contributed by atoms with Gasteiger partial charge in [0, 0.05) is 12.1 Å². The Morgan fingerprint density at radius 3 is 2.41 bits per heavy atom. The summed E-state index contributed by atoms with van der Waals surface area (Å²) in [5, 5.41) is 2.61. The van der Waals surface area contributed by atoms with Crippen LogP contribution in [0.15, 0.2) is 24.3 Å². The second-order valence-corrected chi connectivity index (χ2v) is 4.87. The van der Waals surface area contributed by atoms with Gasteiger partial charge in [0.1, 0.15) is 6.61 Å². The summed E-state index contributed by atoms with van der Waals surface area (Å²) in [6.07, 6.45) is 0.367. The number of Topliss-reactive ketones (excluding diaryl/α,β-unsaturated/α-hetero) is 1. The fraction of sp³-hybridized carbons (Fsp3) is 0.400. The van der Waals surface area contributed by atoms with Gasteiger partial charge in [0.2, 0.25) is 11.8 Å². The van der Waals surface area contributed by atoms with Crippen molar-refractivity contribution in [3.8, 4) is 0 Å². The number of nitrogens with one attached hydrogen (secondary N) is 1. The van der Waals surface area contributed by atoms with Crippen molar-refractivity contribution >= 4 is 17.6 Å². The van der Waals surface area contributed by atoms with Crippen molar-refractivity contribution in [1.82, 2.24) is 5.32 Å². The van der Waals surface area contributed by atoms with Crippen LogP contribution in [0, 0.1) is 0 Å². The summed E-state index contributed by atoms with van der Waals surface area (Å²) >= 11 is 0. The molecule has 7 heteroatoms. The van der Waals surface area contributed by atoms with Gasteiger partial charge in [-0.2, -0.15) is 0 Å². The third kappa shape index (κ3) is 6.47. The molecule has 1 rings (SSSR count). The number of carbonyl (C=O) groups excluding carboxylic acids is 3. The van der Waals surface area contributed by atoms with Gasteiger partial charge in [-0.05, 0) is 18.9 Å². The lowest BCUT2D eigenvalue weighted by Gasteiger charge is -2.12. The van der Waals surface area contributed by atoms with Crippen LogP contribution in [0.3, 0.4) is 0 Å². The molecule has 0 bridgehead atoms. The number of benzene rings is 1. The van der Waals surface area contributed by atoms with Crippen molar-refractivity contribution < 1.29 is 19.1 Å². The Kier molecular flexibility index (Phi) is 7.21. The zero-order chi connectivity index (χ0) is 16.5. The Bertz CT molecular complexity index is 528. The highest BCUT2D eigenvalue weighted by Gasteiger charge is 2.13. The first kappa shape index (κ1) is 17.8. The highest BCUT2D eigenvalue weighted by atomic mass is 16.5. The van der Waals surface area contributed by atoms with Crippen molar-refractivity contribution in [2.45, 2.75) is 19.4 Å². The van der Waals surface area contributed by atoms with E-state index in [9.17, 15) is 14.4 Å². The van der Waals surface area contributed by atoms with E-state index in [1.807, 2.05) is 0 Å². The van der Waals surface area contributed by atoms with Crippen molar-refractivity contribution in [1.29, 1.82) is 0 Å². The van der Waals surface area contributed by atoms with Gasteiger partial charge < -0.3 is 21.5 Å². The minimum absolute atomic E-state index is 0.00967. The first-order chi connectivity index (χ1) is 10.4. The second-order valence-electron chi connectivity index (χ2n) is 4.87. The lowest BCUT2D eigenvalue weighted by molar-refractivity contribution is -0.123. The average molecular weight is 307 g/mol. The summed E-state index contributed by atoms with van der Waals surface area (Å²) in [5.41, 5.74) is 12.2. The SMILES string of the molecule is CC(=O)c1ccc(CC(N)C(=O)NCCOCC(N)=O)cc1. The van der Waals surface area contributed by atoms with Gasteiger partial charge in [-0.1, -0.05) is 24.3 Å². The third-order valence-corrected chi connectivity index (χ3v) is 2.94. The summed E-state index contributed by atoms with van der Waals surface area (Å²) in [4.78, 5) is 33.4. The number of carbonyl (C=O) groups is 3. The van der Waals surface area contributed by atoms with E-state index in [0.29, 0.717) is 12.0 Å². The Morgan fingerprint density at radius 1 is 1.23 bits per heavy atom. The predicted molar refractivity (Wildman–Crippen MR) is 81.1 cm³/mol. The van der Waals surface area contributed by atoms with Crippen molar-refractivity contribution in [3.63, 3.8) is 0 Å². The number of hydrogen-bond donors (Lipinski definition) is 3. The number of amides is 2. The Morgan fingerprint density at radius 2 is 1.86 bits per heavy atom. The van der Waals surface area contributed by atoms with Crippen molar-refractivity contribution in [2.75, 3.05) is 19.8 Å². The maximum Gasteiger partial charge on any atom is 0.243 e. The second kappa shape index (κ2) is 8.91. The number of nitrogens with two attached hydrogens (primary N) is 2. The number of ether oxygens (including phenoxy) is 1. The Balaban J connectivity index is 2.34. The monoisotopic (exact) mass is 307 g/mol. The molecule has 0 fully saturated rings. The molecule has 0 heterocycles. The molecule has 22 heavy (non-hydrogen) atoms. The minimum Gasteiger partial charge on any atom is -0.370 e. The van der Waals surface area contributed by atoms with Crippen LogP contribution in [0.5, 0.6) is 0 Å². The first-order valence-corrected chi connectivity index (χ1v) is 6.89. The Hall–Kier alpha value is -2.25. The summed E-state index contributed by atoms with van der Waals surface area (Å²) in [7, 11) is 0. The molecule has 1 atom stereocenters. The molecule has 0 saturated heterocycles. The van der Waals surface area contributed by atoms with E-state index >= 15 is 0 Å². The van der Waals surface area contributed by atoms with Gasteiger partial charge in [-0.3, -0.25) is 14.4 Å². The maximum absolute atomic E-state index is 11.8. The fourth-order valence-corrected chi connectivity index (χ4v) is 1.77. The van der Waals surface area contributed by atoms with Gasteiger partial charge in [-0.15, -0.1) is 0 Å². The number of ketones is 1. The van der Waals surface area contributed by atoms with Crippen LogP contribution in [-0.4, -0.2) is 43.4 Å². The highest BCUT2D eigenvalue weighted by molar-refractivity contribution is 5.94. The fourth-order valence-electron chi connectivity index (χ4n) is 1.77. The third-order valence-electron chi connectivity index (χ3n) is 2.94. The standard InChI is InChI=1S/C15H21N3O4/c1-10(19)12-4-2-11(3-5-12)8-13(16)15(21)18-6-7-22-9-14(17)20/h2-5,13H,6-9,16H2,1H3,(H2,17,20)(H,18,21). The number of rotatable bonds is 9. The molecule has 2 amide bonds. The van der Waals surface area contributed by atoms with E-state index in [1.54, 1.807) is 24.3 Å². The van der Waals surface area contributed by atoms with Crippen LogP contribution < -0.4 is 16.8 Å².